The Bertz CT molecular complexity index is 1220. The summed E-state index contributed by atoms with van der Waals surface area (Å²) in [4.78, 5) is 14.9. The Morgan fingerprint density at radius 2 is 1.86 bits per heavy atom. The van der Waals surface area contributed by atoms with E-state index in [-0.39, 0.29) is 35.8 Å². The second-order valence-corrected chi connectivity index (χ2v) is 11.1. The van der Waals surface area contributed by atoms with Gasteiger partial charge in [0.15, 0.2) is 0 Å². The van der Waals surface area contributed by atoms with Crippen molar-refractivity contribution in [2.75, 3.05) is 6.54 Å². The van der Waals surface area contributed by atoms with Gasteiger partial charge in [-0.05, 0) is 60.4 Å². The lowest BCUT2D eigenvalue weighted by atomic mass is 9.52. The Balaban J connectivity index is 1.42. The summed E-state index contributed by atoms with van der Waals surface area (Å²) in [5, 5.41) is 0. The van der Waals surface area contributed by atoms with Crippen LogP contribution in [-0.2, 0) is 33.3 Å². The highest BCUT2D eigenvalue weighted by atomic mass is 32.2. The van der Waals surface area contributed by atoms with Gasteiger partial charge in [0.05, 0.1) is 0 Å². The summed E-state index contributed by atoms with van der Waals surface area (Å²) in [6.07, 6.45) is 4.50. The average molecular weight is 510 g/mol. The highest BCUT2D eigenvalue weighted by molar-refractivity contribution is 7.88. The summed E-state index contributed by atoms with van der Waals surface area (Å²) >= 11 is 0. The SMILES string of the molecule is O=C(OCc1ccccc1)N1CC[C@]23CCCC[C@@H]2[C@H]1Cc1ccc(OS(=O)(=O)C(F)(F)F)cc13. The molecule has 1 saturated carbocycles. The smallest absolute Gasteiger partial charge is 0.445 e. The molecule has 3 aliphatic rings. The number of ether oxygens (including phenoxy) is 1. The molecule has 5 rings (SSSR count). The molecule has 0 aromatic heterocycles. The maximum Gasteiger partial charge on any atom is 0.534 e. The Hall–Kier alpha value is -2.75. The van der Waals surface area contributed by atoms with Crippen molar-refractivity contribution < 1.29 is 35.3 Å². The lowest BCUT2D eigenvalue weighted by Gasteiger charge is -2.58. The van der Waals surface area contributed by atoms with Crippen LogP contribution in [0.25, 0.3) is 0 Å². The van der Waals surface area contributed by atoms with E-state index in [1.165, 1.54) is 12.1 Å². The molecule has 2 bridgehead atoms. The van der Waals surface area contributed by atoms with Gasteiger partial charge in [0.25, 0.3) is 0 Å². The van der Waals surface area contributed by atoms with E-state index in [4.69, 9.17) is 4.74 Å². The van der Waals surface area contributed by atoms with Gasteiger partial charge in [0.1, 0.15) is 12.4 Å². The van der Waals surface area contributed by atoms with E-state index in [0.717, 1.165) is 42.4 Å². The van der Waals surface area contributed by atoms with Crippen LogP contribution in [0.1, 0.15) is 48.8 Å². The molecule has 1 heterocycles. The van der Waals surface area contributed by atoms with E-state index >= 15 is 0 Å². The lowest BCUT2D eigenvalue weighted by Crippen LogP contribution is -2.62. The molecule has 2 aliphatic carbocycles. The molecule has 188 valence electrons. The van der Waals surface area contributed by atoms with Gasteiger partial charge in [0.2, 0.25) is 0 Å². The normalized spacial score (nSPS) is 25.9. The van der Waals surface area contributed by atoms with Crippen molar-refractivity contribution in [2.45, 2.75) is 62.1 Å². The number of fused-ring (bicyclic) bond motifs is 1. The molecule has 10 heteroatoms. The molecule has 1 amide bonds. The molecular weight excluding hydrogens is 483 g/mol. The Labute approximate surface area is 202 Å². The van der Waals surface area contributed by atoms with Gasteiger partial charge in [-0.3, -0.25) is 0 Å². The largest absolute Gasteiger partial charge is 0.534 e. The second-order valence-electron chi connectivity index (χ2n) is 9.57. The van der Waals surface area contributed by atoms with E-state index in [1.54, 1.807) is 11.0 Å². The third-order valence-corrected chi connectivity index (χ3v) is 8.72. The highest BCUT2D eigenvalue weighted by Gasteiger charge is 2.55. The zero-order chi connectivity index (χ0) is 24.8. The Kier molecular flexibility index (Phi) is 5.97. The molecular formula is C25H26F3NO5S. The zero-order valence-corrected chi connectivity index (χ0v) is 19.8. The number of hydrogen-bond acceptors (Lipinski definition) is 5. The van der Waals surface area contributed by atoms with Crippen molar-refractivity contribution >= 4 is 16.2 Å². The van der Waals surface area contributed by atoms with Gasteiger partial charge in [-0.15, -0.1) is 0 Å². The Morgan fingerprint density at radius 3 is 2.60 bits per heavy atom. The molecule has 1 saturated heterocycles. The molecule has 0 spiro atoms. The van der Waals surface area contributed by atoms with Crippen LogP contribution in [0.5, 0.6) is 5.75 Å². The molecule has 1 aliphatic heterocycles. The van der Waals surface area contributed by atoms with Crippen molar-refractivity contribution in [3.63, 3.8) is 0 Å². The number of rotatable bonds is 4. The number of amides is 1. The predicted octanol–water partition coefficient (Wildman–Crippen LogP) is 5.31. The van der Waals surface area contributed by atoms with Crippen molar-refractivity contribution in [3.05, 3.63) is 65.2 Å². The minimum atomic E-state index is -5.75. The first kappa shape index (κ1) is 24.0. The number of alkyl halides is 3. The quantitative estimate of drug-likeness (QED) is 0.413. The first-order valence-electron chi connectivity index (χ1n) is 11.7. The molecule has 2 aromatic rings. The van der Waals surface area contributed by atoms with Crippen LogP contribution in [0, 0.1) is 5.92 Å². The van der Waals surface area contributed by atoms with Crippen molar-refractivity contribution in [1.82, 2.24) is 4.90 Å². The van der Waals surface area contributed by atoms with Gasteiger partial charge in [-0.1, -0.05) is 49.2 Å². The van der Waals surface area contributed by atoms with E-state index in [0.29, 0.717) is 19.4 Å². The fourth-order valence-corrected chi connectivity index (χ4v) is 6.69. The minimum Gasteiger partial charge on any atom is -0.445 e. The predicted molar refractivity (Wildman–Crippen MR) is 121 cm³/mol. The van der Waals surface area contributed by atoms with Gasteiger partial charge >= 0.3 is 21.7 Å². The van der Waals surface area contributed by atoms with Crippen LogP contribution < -0.4 is 4.18 Å². The molecule has 2 aromatic carbocycles. The molecule has 3 atom stereocenters. The molecule has 6 nitrogen and oxygen atoms in total. The zero-order valence-electron chi connectivity index (χ0n) is 19.0. The molecule has 0 radical (unpaired) electrons. The van der Waals surface area contributed by atoms with Gasteiger partial charge < -0.3 is 13.8 Å². The van der Waals surface area contributed by atoms with Crippen LogP contribution in [-0.4, -0.2) is 37.5 Å². The lowest BCUT2D eigenvalue weighted by molar-refractivity contribution is -0.0500. The first-order valence-corrected chi connectivity index (χ1v) is 13.1. The third kappa shape index (κ3) is 4.26. The van der Waals surface area contributed by atoms with Gasteiger partial charge in [0, 0.05) is 18.0 Å². The third-order valence-electron chi connectivity index (χ3n) is 7.74. The number of piperidine rings is 1. The molecule has 2 fully saturated rings. The number of likely N-dealkylation sites (tertiary alicyclic amines) is 1. The number of nitrogens with zero attached hydrogens (tertiary/aromatic N) is 1. The van der Waals surface area contributed by atoms with Crippen LogP contribution in [0.4, 0.5) is 18.0 Å². The van der Waals surface area contributed by atoms with Gasteiger partial charge in [-0.2, -0.15) is 21.6 Å². The number of hydrogen-bond donors (Lipinski definition) is 0. The number of halogens is 3. The van der Waals surface area contributed by atoms with Crippen LogP contribution in [0.2, 0.25) is 0 Å². The van der Waals surface area contributed by atoms with E-state index in [1.807, 2.05) is 30.3 Å². The van der Waals surface area contributed by atoms with Crippen LogP contribution in [0.15, 0.2) is 48.5 Å². The van der Waals surface area contributed by atoms with E-state index in [2.05, 4.69) is 4.18 Å². The second kappa shape index (κ2) is 8.72. The average Bonchev–Trinajstić information content (AvgIpc) is 2.83. The summed E-state index contributed by atoms with van der Waals surface area (Å²) in [7, 11) is -5.75. The number of benzene rings is 2. The summed E-state index contributed by atoms with van der Waals surface area (Å²) in [6, 6.07) is 13.7. The summed E-state index contributed by atoms with van der Waals surface area (Å²) < 4.78 is 71.8. The maximum absolute atomic E-state index is 13.1. The minimum absolute atomic E-state index is 0.0782. The van der Waals surface area contributed by atoms with Crippen molar-refractivity contribution in [2.24, 2.45) is 5.92 Å². The fourth-order valence-electron chi connectivity index (χ4n) is 6.24. The topological polar surface area (TPSA) is 72.9 Å². The fraction of sp³-hybridized carbons (Fsp3) is 0.480. The monoisotopic (exact) mass is 509 g/mol. The van der Waals surface area contributed by atoms with Crippen molar-refractivity contribution in [3.8, 4) is 5.75 Å². The standard InChI is InChI=1S/C25H26F3NO5S/c26-25(27,28)35(31,32)34-19-10-9-18-14-22-20-8-4-5-11-24(20,21(18)15-19)12-13-29(22)23(30)33-16-17-6-2-1-3-7-17/h1-3,6-7,9-10,15,20,22H,4-5,8,11-14,16H2/t20-,22-,24-/m1/s1. The van der Waals surface area contributed by atoms with E-state index < -0.39 is 15.6 Å². The molecule has 0 N–H and O–H groups in total. The summed E-state index contributed by atoms with van der Waals surface area (Å²) in [6.45, 7) is 0.657. The van der Waals surface area contributed by atoms with Crippen LogP contribution in [0.3, 0.4) is 0 Å². The van der Waals surface area contributed by atoms with E-state index in [9.17, 15) is 26.4 Å². The molecule has 35 heavy (non-hydrogen) atoms. The summed E-state index contributed by atoms with van der Waals surface area (Å²) in [5.41, 5.74) is -3.16. The summed E-state index contributed by atoms with van der Waals surface area (Å²) in [5.74, 6) is -0.209. The first-order chi connectivity index (χ1) is 16.6. The van der Waals surface area contributed by atoms with Crippen molar-refractivity contribution in [1.29, 1.82) is 0 Å². The van der Waals surface area contributed by atoms with Gasteiger partial charge in [-0.25, -0.2) is 4.79 Å². The maximum atomic E-state index is 13.1. The highest BCUT2D eigenvalue weighted by Crippen LogP contribution is 2.56. The van der Waals surface area contributed by atoms with Crippen LogP contribution >= 0.6 is 0 Å². The number of carbonyl (C=O) groups excluding carboxylic acids is 1. The number of carbonyl (C=O) groups is 1. The Morgan fingerprint density at radius 1 is 1.09 bits per heavy atom. The molecule has 0 unspecified atom stereocenters.